The van der Waals surface area contributed by atoms with Crippen LogP contribution in [0.5, 0.6) is 0 Å². The number of rotatable bonds is 6. The molecular weight excluding hydrogens is 342 g/mol. The lowest BCUT2D eigenvalue weighted by molar-refractivity contribution is 0.0679. The van der Waals surface area contributed by atoms with E-state index in [4.69, 9.17) is 16.3 Å². The summed E-state index contributed by atoms with van der Waals surface area (Å²) < 4.78 is 6.07. The summed E-state index contributed by atoms with van der Waals surface area (Å²) in [5, 5.41) is 0.837. The Labute approximate surface area is 162 Å². The lowest BCUT2D eigenvalue weighted by Gasteiger charge is -2.47. The molecule has 2 nitrogen and oxygen atoms in total. The number of likely N-dealkylation sites (tertiary alicyclic amines) is 1. The molecule has 3 aliphatic rings. The van der Waals surface area contributed by atoms with Crippen LogP contribution in [-0.4, -0.2) is 31.1 Å². The minimum Gasteiger partial charge on any atom is -0.494 e. The fraction of sp³-hybridized carbons (Fsp3) is 0.565. The Morgan fingerprint density at radius 1 is 1.12 bits per heavy atom. The van der Waals surface area contributed by atoms with Crippen LogP contribution in [0.1, 0.15) is 50.5 Å². The Bertz CT molecular complexity index is 659. The Morgan fingerprint density at radius 2 is 1.96 bits per heavy atom. The molecule has 1 heterocycles. The maximum Gasteiger partial charge on any atom is 0.115 e. The standard InChI is InChI=1S/C23H30ClNO/c24-21-11-9-20(10-12-21)23(13-5-14-23)18-25-15-4-6-19(16-25)17-26-22-7-2-1-3-8-22/h2,7-12,19H,1,3-6,13-18H2/t19-/m0/s1. The fourth-order valence-electron chi connectivity index (χ4n) is 4.71. The molecule has 2 aliphatic carbocycles. The van der Waals surface area contributed by atoms with Crippen molar-refractivity contribution in [3.05, 3.63) is 58.8 Å². The van der Waals surface area contributed by atoms with Crippen molar-refractivity contribution in [2.75, 3.05) is 26.2 Å². The van der Waals surface area contributed by atoms with Gasteiger partial charge in [-0.1, -0.05) is 36.2 Å². The predicted molar refractivity (Wildman–Crippen MR) is 109 cm³/mol. The first kappa shape index (κ1) is 18.1. The number of piperidine rings is 1. The van der Waals surface area contributed by atoms with Gasteiger partial charge in [-0.2, -0.15) is 0 Å². The number of hydrogen-bond acceptors (Lipinski definition) is 2. The summed E-state index contributed by atoms with van der Waals surface area (Å²) in [5.41, 5.74) is 1.83. The average molecular weight is 372 g/mol. The highest BCUT2D eigenvalue weighted by Crippen LogP contribution is 2.45. The van der Waals surface area contributed by atoms with Crippen molar-refractivity contribution >= 4 is 11.6 Å². The van der Waals surface area contributed by atoms with Crippen molar-refractivity contribution in [1.29, 1.82) is 0 Å². The normalized spacial score (nSPS) is 25.4. The van der Waals surface area contributed by atoms with Crippen molar-refractivity contribution in [3.63, 3.8) is 0 Å². The van der Waals surface area contributed by atoms with E-state index in [0.29, 0.717) is 11.3 Å². The molecule has 0 aromatic heterocycles. The van der Waals surface area contributed by atoms with Crippen molar-refractivity contribution in [2.24, 2.45) is 5.92 Å². The molecule has 1 saturated heterocycles. The highest BCUT2D eigenvalue weighted by atomic mass is 35.5. The molecule has 1 aromatic rings. The van der Waals surface area contributed by atoms with Gasteiger partial charge in [-0.3, -0.25) is 0 Å². The smallest absolute Gasteiger partial charge is 0.115 e. The third kappa shape index (κ3) is 4.18. The molecule has 3 heteroatoms. The van der Waals surface area contributed by atoms with E-state index in [-0.39, 0.29) is 0 Å². The Balaban J connectivity index is 1.34. The summed E-state index contributed by atoms with van der Waals surface area (Å²) >= 11 is 6.10. The fourth-order valence-corrected chi connectivity index (χ4v) is 4.84. The third-order valence-corrected chi connectivity index (χ3v) is 6.60. The van der Waals surface area contributed by atoms with E-state index in [9.17, 15) is 0 Å². The summed E-state index contributed by atoms with van der Waals surface area (Å²) in [5.74, 6) is 1.73. The van der Waals surface area contributed by atoms with Gasteiger partial charge in [0.05, 0.1) is 6.61 Å². The van der Waals surface area contributed by atoms with E-state index in [1.807, 2.05) is 0 Å². The molecule has 1 atom stereocenters. The lowest BCUT2D eigenvalue weighted by Crippen LogP contribution is -2.49. The zero-order valence-corrected chi connectivity index (χ0v) is 16.4. The molecule has 0 bridgehead atoms. The molecule has 1 aliphatic heterocycles. The van der Waals surface area contributed by atoms with Gasteiger partial charge in [-0.25, -0.2) is 0 Å². The molecule has 0 amide bonds. The third-order valence-electron chi connectivity index (χ3n) is 6.34. The van der Waals surface area contributed by atoms with Crippen molar-refractivity contribution < 1.29 is 4.74 Å². The summed E-state index contributed by atoms with van der Waals surface area (Å²) in [4.78, 5) is 2.69. The molecule has 26 heavy (non-hydrogen) atoms. The topological polar surface area (TPSA) is 12.5 Å². The van der Waals surface area contributed by atoms with Crippen LogP contribution in [0.3, 0.4) is 0 Å². The first-order valence-electron chi connectivity index (χ1n) is 10.2. The van der Waals surface area contributed by atoms with Gasteiger partial charge >= 0.3 is 0 Å². The monoisotopic (exact) mass is 371 g/mol. The molecule has 1 saturated carbocycles. The Hall–Kier alpha value is -1.25. The molecule has 0 unspecified atom stereocenters. The van der Waals surface area contributed by atoms with E-state index in [1.54, 1.807) is 0 Å². The number of benzene rings is 1. The van der Waals surface area contributed by atoms with Crippen LogP contribution in [0.25, 0.3) is 0 Å². The van der Waals surface area contributed by atoms with Gasteiger partial charge < -0.3 is 9.64 Å². The number of ether oxygens (including phenoxy) is 1. The van der Waals surface area contributed by atoms with Crippen LogP contribution < -0.4 is 0 Å². The summed E-state index contributed by atoms with van der Waals surface area (Å²) in [6.45, 7) is 4.45. The second kappa shape index (κ2) is 8.19. The molecule has 0 spiro atoms. The molecular formula is C23H30ClNO. The van der Waals surface area contributed by atoms with Gasteiger partial charge in [0.1, 0.15) is 5.76 Å². The van der Waals surface area contributed by atoms with Gasteiger partial charge in [0.2, 0.25) is 0 Å². The number of allylic oxidation sites excluding steroid dienone is 3. The van der Waals surface area contributed by atoms with Crippen LogP contribution in [0.2, 0.25) is 5.02 Å². The van der Waals surface area contributed by atoms with E-state index >= 15 is 0 Å². The van der Waals surface area contributed by atoms with Gasteiger partial charge in [0.15, 0.2) is 0 Å². The summed E-state index contributed by atoms with van der Waals surface area (Å²) in [6, 6.07) is 8.59. The van der Waals surface area contributed by atoms with E-state index < -0.39 is 0 Å². The van der Waals surface area contributed by atoms with Crippen LogP contribution >= 0.6 is 11.6 Å². The zero-order valence-electron chi connectivity index (χ0n) is 15.6. The zero-order chi connectivity index (χ0) is 17.8. The predicted octanol–water partition coefficient (Wildman–Crippen LogP) is 5.72. The second-order valence-electron chi connectivity index (χ2n) is 8.28. The summed E-state index contributed by atoms with van der Waals surface area (Å²) in [6.07, 6.45) is 15.4. The minimum absolute atomic E-state index is 0.349. The number of nitrogens with zero attached hydrogens (tertiary/aromatic N) is 1. The number of hydrogen-bond donors (Lipinski definition) is 0. The van der Waals surface area contributed by atoms with E-state index in [1.165, 1.54) is 57.3 Å². The van der Waals surface area contributed by atoms with E-state index in [0.717, 1.165) is 30.2 Å². The van der Waals surface area contributed by atoms with Crippen molar-refractivity contribution in [3.8, 4) is 0 Å². The first-order chi connectivity index (χ1) is 12.7. The highest BCUT2D eigenvalue weighted by Gasteiger charge is 2.40. The minimum atomic E-state index is 0.349. The van der Waals surface area contributed by atoms with Crippen molar-refractivity contribution in [2.45, 2.75) is 50.4 Å². The van der Waals surface area contributed by atoms with Crippen LogP contribution in [0, 0.1) is 5.92 Å². The lowest BCUT2D eigenvalue weighted by atomic mass is 9.64. The molecule has 2 fully saturated rings. The molecule has 0 radical (unpaired) electrons. The highest BCUT2D eigenvalue weighted by molar-refractivity contribution is 6.30. The molecule has 1 aromatic carbocycles. The molecule has 140 valence electrons. The summed E-state index contributed by atoms with van der Waals surface area (Å²) in [7, 11) is 0. The Kier molecular flexibility index (Phi) is 5.71. The molecule has 0 N–H and O–H groups in total. The SMILES string of the molecule is Clc1ccc(C2(CN3CCC[C@H](COC4=CCCC=C4)C3)CCC2)cc1. The maximum absolute atomic E-state index is 6.10. The largest absolute Gasteiger partial charge is 0.494 e. The van der Waals surface area contributed by atoms with Gasteiger partial charge in [0.25, 0.3) is 0 Å². The van der Waals surface area contributed by atoms with Gasteiger partial charge in [-0.15, -0.1) is 0 Å². The van der Waals surface area contributed by atoms with Gasteiger partial charge in [-0.05, 0) is 74.9 Å². The molecule has 4 rings (SSSR count). The quantitative estimate of drug-likeness (QED) is 0.633. The maximum atomic E-state index is 6.10. The van der Waals surface area contributed by atoms with Crippen LogP contribution in [0.15, 0.2) is 48.3 Å². The number of halogens is 1. The second-order valence-corrected chi connectivity index (χ2v) is 8.72. The average Bonchev–Trinajstić information content (AvgIpc) is 2.65. The van der Waals surface area contributed by atoms with Crippen LogP contribution in [-0.2, 0) is 10.2 Å². The van der Waals surface area contributed by atoms with E-state index in [2.05, 4.69) is 47.4 Å². The Morgan fingerprint density at radius 3 is 2.65 bits per heavy atom. The van der Waals surface area contributed by atoms with Gasteiger partial charge in [0, 0.05) is 29.4 Å². The first-order valence-corrected chi connectivity index (χ1v) is 10.6. The van der Waals surface area contributed by atoms with Crippen LogP contribution in [0.4, 0.5) is 0 Å². The van der Waals surface area contributed by atoms with Crippen molar-refractivity contribution in [1.82, 2.24) is 4.90 Å².